The van der Waals surface area contributed by atoms with E-state index >= 15 is 0 Å². The van der Waals surface area contributed by atoms with Gasteiger partial charge in [-0.15, -0.1) is 11.3 Å². The van der Waals surface area contributed by atoms with Gasteiger partial charge in [0.15, 0.2) is 10.8 Å². The molecule has 1 aliphatic rings. The van der Waals surface area contributed by atoms with Gasteiger partial charge in [0, 0.05) is 31.6 Å². The van der Waals surface area contributed by atoms with Crippen LogP contribution in [0.5, 0.6) is 0 Å². The molecule has 1 N–H and O–H groups in total. The minimum absolute atomic E-state index is 0.0528. The Morgan fingerprint density at radius 2 is 2.03 bits per heavy atom. The van der Waals surface area contributed by atoms with Crippen molar-refractivity contribution in [3.63, 3.8) is 0 Å². The topological polar surface area (TPSA) is 95.0 Å². The number of nitrogens with one attached hydrogen (secondary N) is 1. The Morgan fingerprint density at radius 3 is 2.81 bits per heavy atom. The summed E-state index contributed by atoms with van der Waals surface area (Å²) in [5.41, 5.74) is 1.46. The summed E-state index contributed by atoms with van der Waals surface area (Å²) < 4.78 is 8.75. The summed E-state index contributed by atoms with van der Waals surface area (Å²) in [6, 6.07) is 13.3. The highest BCUT2D eigenvalue weighted by molar-refractivity contribution is 7.17. The predicted octanol–water partition coefficient (Wildman–Crippen LogP) is 3.58. The van der Waals surface area contributed by atoms with Crippen molar-refractivity contribution in [3.8, 4) is 22.0 Å². The van der Waals surface area contributed by atoms with Crippen molar-refractivity contribution in [3.05, 3.63) is 69.9 Å². The Kier molecular flexibility index (Phi) is 5.72. The molecule has 8 nitrogen and oxygen atoms in total. The second-order valence-electron chi connectivity index (χ2n) is 7.68. The molecule has 0 saturated heterocycles. The molecular weight excluding hydrogens is 426 g/mol. The standard InChI is InChI=1S/C23H23N5O3S/c29-21(24-12-7-14-28-23(30)27-13-5-4-11-18(27)26-28)20-19(16-8-2-1-3-9-16)25-22(32-20)17-10-6-15-31-17/h1-3,6,8-10,15H,4-5,7,11-14H2,(H,24,29). The number of carbonyl (C=O) groups is 1. The number of amides is 1. The minimum Gasteiger partial charge on any atom is -0.462 e. The van der Waals surface area contributed by atoms with Gasteiger partial charge in [0.25, 0.3) is 5.91 Å². The molecule has 1 aromatic carbocycles. The first-order chi connectivity index (χ1) is 15.7. The summed E-state index contributed by atoms with van der Waals surface area (Å²) in [7, 11) is 0. The average molecular weight is 450 g/mol. The molecule has 0 spiro atoms. The average Bonchev–Trinajstić information content (AvgIpc) is 3.57. The molecule has 1 aliphatic heterocycles. The molecule has 5 rings (SSSR count). The van der Waals surface area contributed by atoms with Crippen molar-refractivity contribution in [2.75, 3.05) is 6.54 Å². The van der Waals surface area contributed by atoms with Gasteiger partial charge in [0.05, 0.1) is 12.0 Å². The molecule has 3 aromatic heterocycles. The van der Waals surface area contributed by atoms with Crippen LogP contribution in [0.3, 0.4) is 0 Å². The van der Waals surface area contributed by atoms with E-state index in [2.05, 4.69) is 15.4 Å². The molecule has 0 unspecified atom stereocenters. The third-order valence-electron chi connectivity index (χ3n) is 5.48. The first kappa shape index (κ1) is 20.4. The summed E-state index contributed by atoms with van der Waals surface area (Å²) in [5, 5.41) is 8.08. The Bertz CT molecular complexity index is 1270. The number of fused-ring (bicyclic) bond motifs is 1. The van der Waals surface area contributed by atoms with Gasteiger partial charge in [-0.05, 0) is 31.4 Å². The summed E-state index contributed by atoms with van der Waals surface area (Å²) in [4.78, 5) is 30.7. The van der Waals surface area contributed by atoms with Crippen LogP contribution in [0.15, 0.2) is 57.9 Å². The molecule has 0 radical (unpaired) electrons. The third-order valence-corrected chi connectivity index (χ3v) is 6.55. The molecule has 0 fully saturated rings. The molecule has 164 valence electrons. The number of rotatable bonds is 7. The maximum atomic E-state index is 13.0. The molecule has 32 heavy (non-hydrogen) atoms. The van der Waals surface area contributed by atoms with Crippen LogP contribution >= 0.6 is 11.3 Å². The smallest absolute Gasteiger partial charge is 0.345 e. The van der Waals surface area contributed by atoms with Crippen molar-refractivity contribution in [2.45, 2.75) is 38.8 Å². The molecule has 0 atom stereocenters. The van der Waals surface area contributed by atoms with Crippen molar-refractivity contribution in [1.82, 2.24) is 24.6 Å². The zero-order valence-electron chi connectivity index (χ0n) is 17.5. The van der Waals surface area contributed by atoms with Gasteiger partial charge in [0.2, 0.25) is 0 Å². The van der Waals surface area contributed by atoms with E-state index in [4.69, 9.17) is 4.42 Å². The fourth-order valence-corrected chi connectivity index (χ4v) is 4.85. The van der Waals surface area contributed by atoms with Crippen LogP contribution in [0.1, 0.15) is 34.8 Å². The normalized spacial score (nSPS) is 13.1. The monoisotopic (exact) mass is 449 g/mol. The number of nitrogens with zero attached hydrogens (tertiary/aromatic N) is 4. The zero-order valence-corrected chi connectivity index (χ0v) is 18.3. The van der Waals surface area contributed by atoms with E-state index in [1.54, 1.807) is 16.9 Å². The Morgan fingerprint density at radius 1 is 1.16 bits per heavy atom. The van der Waals surface area contributed by atoms with Gasteiger partial charge in [-0.2, -0.15) is 5.10 Å². The lowest BCUT2D eigenvalue weighted by molar-refractivity contribution is 0.0957. The fourth-order valence-electron chi connectivity index (χ4n) is 3.88. The van der Waals surface area contributed by atoms with Gasteiger partial charge in [-0.3, -0.25) is 9.36 Å². The molecule has 4 aromatic rings. The lowest BCUT2D eigenvalue weighted by atomic mass is 10.1. The van der Waals surface area contributed by atoms with Crippen molar-refractivity contribution in [1.29, 1.82) is 0 Å². The highest BCUT2D eigenvalue weighted by Crippen LogP contribution is 2.34. The van der Waals surface area contributed by atoms with E-state index in [1.165, 1.54) is 16.0 Å². The number of benzene rings is 1. The summed E-state index contributed by atoms with van der Waals surface area (Å²) in [6.45, 7) is 1.66. The molecule has 9 heteroatoms. The van der Waals surface area contributed by atoms with Gasteiger partial charge >= 0.3 is 5.69 Å². The van der Waals surface area contributed by atoms with E-state index in [0.717, 1.165) is 37.2 Å². The number of aryl methyl sites for hydroxylation is 2. The Balaban J connectivity index is 1.28. The van der Waals surface area contributed by atoms with Crippen LogP contribution in [-0.2, 0) is 19.5 Å². The second kappa shape index (κ2) is 8.96. The third kappa shape index (κ3) is 4.03. The number of aromatic nitrogens is 4. The first-order valence-corrected chi connectivity index (χ1v) is 11.6. The molecule has 0 aliphatic carbocycles. The van der Waals surface area contributed by atoms with Crippen LogP contribution < -0.4 is 11.0 Å². The maximum Gasteiger partial charge on any atom is 0.345 e. The van der Waals surface area contributed by atoms with Crippen LogP contribution in [0.2, 0.25) is 0 Å². The van der Waals surface area contributed by atoms with E-state index in [1.807, 2.05) is 36.4 Å². The minimum atomic E-state index is -0.185. The number of hydrogen-bond donors (Lipinski definition) is 1. The molecule has 0 saturated carbocycles. The van der Waals surface area contributed by atoms with Crippen LogP contribution in [0.25, 0.3) is 22.0 Å². The van der Waals surface area contributed by atoms with E-state index in [-0.39, 0.29) is 11.6 Å². The Labute approximate surface area is 188 Å². The number of carbonyl (C=O) groups excluding carboxylic acids is 1. The van der Waals surface area contributed by atoms with Crippen LogP contribution in [0.4, 0.5) is 0 Å². The van der Waals surface area contributed by atoms with Crippen molar-refractivity contribution < 1.29 is 9.21 Å². The molecule has 4 heterocycles. The van der Waals surface area contributed by atoms with E-state index in [0.29, 0.717) is 40.8 Å². The van der Waals surface area contributed by atoms with Crippen molar-refractivity contribution >= 4 is 17.2 Å². The SMILES string of the molecule is O=C(NCCCn1nc2n(c1=O)CCCC2)c1sc(-c2ccco2)nc1-c1ccccc1. The summed E-state index contributed by atoms with van der Waals surface area (Å²) in [5.74, 6) is 1.32. The highest BCUT2D eigenvalue weighted by Gasteiger charge is 2.21. The Hall–Kier alpha value is -3.46. The summed E-state index contributed by atoms with van der Waals surface area (Å²) >= 11 is 1.31. The van der Waals surface area contributed by atoms with E-state index < -0.39 is 0 Å². The number of furan rings is 1. The van der Waals surface area contributed by atoms with Crippen LogP contribution in [-0.4, -0.2) is 31.8 Å². The van der Waals surface area contributed by atoms with Crippen LogP contribution in [0, 0.1) is 0 Å². The summed E-state index contributed by atoms with van der Waals surface area (Å²) in [6.07, 6.45) is 5.16. The fraction of sp³-hybridized carbons (Fsp3) is 0.304. The lowest BCUT2D eigenvalue weighted by Crippen LogP contribution is -2.29. The molecule has 1 amide bonds. The zero-order chi connectivity index (χ0) is 21.9. The molecular formula is C23H23N5O3S. The predicted molar refractivity (Wildman–Crippen MR) is 122 cm³/mol. The maximum absolute atomic E-state index is 13.0. The van der Waals surface area contributed by atoms with Gasteiger partial charge in [-0.1, -0.05) is 30.3 Å². The number of hydrogen-bond acceptors (Lipinski definition) is 6. The van der Waals surface area contributed by atoms with Crippen molar-refractivity contribution in [2.24, 2.45) is 0 Å². The highest BCUT2D eigenvalue weighted by atomic mass is 32.1. The number of thiazole rings is 1. The lowest BCUT2D eigenvalue weighted by Gasteiger charge is -2.09. The quantitative estimate of drug-likeness (QED) is 0.435. The second-order valence-corrected chi connectivity index (χ2v) is 8.68. The largest absolute Gasteiger partial charge is 0.462 e. The van der Waals surface area contributed by atoms with Gasteiger partial charge in [0.1, 0.15) is 10.7 Å². The first-order valence-electron chi connectivity index (χ1n) is 10.8. The van der Waals surface area contributed by atoms with Gasteiger partial charge in [-0.25, -0.2) is 14.5 Å². The molecule has 0 bridgehead atoms. The van der Waals surface area contributed by atoms with E-state index in [9.17, 15) is 9.59 Å². The van der Waals surface area contributed by atoms with Gasteiger partial charge < -0.3 is 9.73 Å².